The molecule has 0 aromatic heterocycles. The number of hydrogen-bond acceptors (Lipinski definition) is 4. The van der Waals surface area contributed by atoms with Crippen molar-refractivity contribution >= 4 is 23.8 Å². The van der Waals surface area contributed by atoms with Crippen LogP contribution in [0.4, 0.5) is 4.79 Å². The second-order valence-electron chi connectivity index (χ2n) is 5.20. The van der Waals surface area contributed by atoms with Crippen molar-refractivity contribution in [3.63, 3.8) is 0 Å². The number of aliphatic carboxylic acids is 1. The van der Waals surface area contributed by atoms with Crippen molar-refractivity contribution in [1.82, 2.24) is 15.1 Å². The summed E-state index contributed by atoms with van der Waals surface area (Å²) in [5.74, 6) is -1.94. The number of piperazine rings is 1. The second kappa shape index (κ2) is 5.48. The molecule has 0 aromatic rings. The fraction of sp³-hybridized carbons (Fsp3) is 0.667. The molecule has 2 unspecified atom stereocenters. The molecule has 2 aliphatic heterocycles. The van der Waals surface area contributed by atoms with E-state index >= 15 is 0 Å². The fourth-order valence-corrected chi connectivity index (χ4v) is 2.55. The molecule has 2 aliphatic rings. The first-order valence-electron chi connectivity index (χ1n) is 6.49. The third-order valence-electron chi connectivity index (χ3n) is 3.69. The summed E-state index contributed by atoms with van der Waals surface area (Å²) in [7, 11) is 0. The number of hydrogen-bond donors (Lipinski definition) is 2. The van der Waals surface area contributed by atoms with Gasteiger partial charge in [0.25, 0.3) is 0 Å². The van der Waals surface area contributed by atoms with E-state index in [4.69, 9.17) is 5.11 Å². The van der Waals surface area contributed by atoms with Crippen molar-refractivity contribution in [2.24, 2.45) is 5.92 Å². The average molecular weight is 283 g/mol. The molecule has 20 heavy (non-hydrogen) atoms. The lowest BCUT2D eigenvalue weighted by molar-refractivity contribution is -0.139. The Bertz CT molecular complexity index is 464. The predicted octanol–water partition coefficient (Wildman–Crippen LogP) is -0.750. The van der Waals surface area contributed by atoms with Crippen LogP contribution < -0.4 is 5.32 Å². The molecule has 2 atom stereocenters. The molecule has 4 amide bonds. The van der Waals surface area contributed by atoms with Gasteiger partial charge in [-0.2, -0.15) is 0 Å². The van der Waals surface area contributed by atoms with Gasteiger partial charge < -0.3 is 14.9 Å². The molecule has 2 rings (SSSR count). The highest BCUT2D eigenvalue weighted by atomic mass is 16.4. The van der Waals surface area contributed by atoms with Gasteiger partial charge in [0, 0.05) is 19.5 Å². The molecule has 0 radical (unpaired) electrons. The maximum atomic E-state index is 12.3. The first-order chi connectivity index (χ1) is 9.38. The maximum Gasteiger partial charge on any atom is 0.321 e. The average Bonchev–Trinajstić information content (AvgIpc) is 2.80. The number of imide groups is 1. The van der Waals surface area contributed by atoms with Gasteiger partial charge in [0.1, 0.15) is 12.6 Å². The molecule has 2 fully saturated rings. The summed E-state index contributed by atoms with van der Waals surface area (Å²) in [6, 6.07) is -1.08. The highest BCUT2D eigenvalue weighted by Crippen LogP contribution is 2.21. The number of carbonyl (C=O) groups excluding carboxylic acids is 3. The van der Waals surface area contributed by atoms with E-state index in [1.807, 2.05) is 0 Å². The molecule has 0 saturated carbocycles. The maximum absolute atomic E-state index is 12.3. The van der Waals surface area contributed by atoms with Gasteiger partial charge in [-0.05, 0) is 19.3 Å². The Morgan fingerprint density at radius 3 is 2.75 bits per heavy atom. The number of likely N-dealkylation sites (tertiary alicyclic amines) is 1. The van der Waals surface area contributed by atoms with Crippen LogP contribution >= 0.6 is 0 Å². The Kier molecular flexibility index (Phi) is 3.91. The van der Waals surface area contributed by atoms with E-state index in [9.17, 15) is 19.2 Å². The molecular formula is C12H17N3O5. The molecule has 0 bridgehead atoms. The predicted molar refractivity (Wildman–Crippen MR) is 66.6 cm³/mol. The lowest BCUT2D eigenvalue weighted by Crippen LogP contribution is -2.60. The number of rotatable bonds is 2. The van der Waals surface area contributed by atoms with Crippen LogP contribution in [0, 0.1) is 5.92 Å². The molecular weight excluding hydrogens is 266 g/mol. The smallest absolute Gasteiger partial charge is 0.321 e. The summed E-state index contributed by atoms with van der Waals surface area (Å²) in [6.45, 7) is 2.22. The minimum atomic E-state index is -0.884. The summed E-state index contributed by atoms with van der Waals surface area (Å²) in [4.78, 5) is 48.6. The second-order valence-corrected chi connectivity index (χ2v) is 5.20. The zero-order valence-electron chi connectivity index (χ0n) is 11.2. The number of urea groups is 1. The van der Waals surface area contributed by atoms with Crippen LogP contribution in [0.2, 0.25) is 0 Å². The third kappa shape index (κ3) is 2.89. The lowest BCUT2D eigenvalue weighted by Gasteiger charge is -2.34. The normalized spacial score (nSPS) is 26.6. The van der Waals surface area contributed by atoms with Crippen molar-refractivity contribution in [1.29, 1.82) is 0 Å². The molecule has 0 spiro atoms. The summed E-state index contributed by atoms with van der Waals surface area (Å²) in [6.07, 6.45) is 0.652. The zero-order chi connectivity index (χ0) is 14.9. The van der Waals surface area contributed by atoms with Gasteiger partial charge in [-0.25, -0.2) is 4.79 Å². The Morgan fingerprint density at radius 1 is 1.40 bits per heavy atom. The monoisotopic (exact) mass is 283 g/mol. The van der Waals surface area contributed by atoms with Crippen molar-refractivity contribution in [2.75, 3.05) is 19.6 Å². The van der Waals surface area contributed by atoms with Crippen molar-refractivity contribution < 1.29 is 24.3 Å². The molecule has 2 N–H and O–H groups in total. The van der Waals surface area contributed by atoms with E-state index in [1.54, 1.807) is 6.92 Å². The van der Waals surface area contributed by atoms with Crippen LogP contribution in [0.25, 0.3) is 0 Å². The lowest BCUT2D eigenvalue weighted by atomic mass is 10.1. The number of carbonyl (C=O) groups is 4. The molecule has 2 saturated heterocycles. The summed E-state index contributed by atoms with van der Waals surface area (Å²) < 4.78 is 0. The van der Waals surface area contributed by atoms with E-state index in [1.165, 1.54) is 9.80 Å². The van der Waals surface area contributed by atoms with E-state index in [-0.39, 0.29) is 24.9 Å². The Hall–Kier alpha value is -2.12. The highest BCUT2D eigenvalue weighted by molar-refractivity contribution is 6.03. The first-order valence-corrected chi connectivity index (χ1v) is 6.49. The summed E-state index contributed by atoms with van der Waals surface area (Å²) >= 11 is 0. The number of carboxylic acids is 1. The van der Waals surface area contributed by atoms with Crippen LogP contribution in [0.3, 0.4) is 0 Å². The van der Waals surface area contributed by atoms with Crippen LogP contribution in [-0.2, 0) is 14.4 Å². The minimum absolute atomic E-state index is 0.0265. The van der Waals surface area contributed by atoms with Crippen molar-refractivity contribution in [3.8, 4) is 0 Å². The molecule has 0 aromatic carbocycles. The van der Waals surface area contributed by atoms with Gasteiger partial charge in [0.15, 0.2) is 0 Å². The minimum Gasteiger partial charge on any atom is -0.481 e. The van der Waals surface area contributed by atoms with Crippen molar-refractivity contribution in [3.05, 3.63) is 0 Å². The summed E-state index contributed by atoms with van der Waals surface area (Å²) in [5, 5.41) is 10.9. The van der Waals surface area contributed by atoms with Gasteiger partial charge in [-0.3, -0.25) is 19.7 Å². The molecule has 2 heterocycles. The zero-order valence-corrected chi connectivity index (χ0v) is 11.2. The fourth-order valence-electron chi connectivity index (χ4n) is 2.55. The van der Waals surface area contributed by atoms with E-state index < -0.39 is 23.8 Å². The standard InChI is InChI=1S/C12H17N3O5/c1-7-11(19)13-9(16)6-15(7)12(20)14-3-2-8(5-14)4-10(17)18/h7-8H,2-6H2,1H3,(H,17,18)(H,13,16,19). The van der Waals surface area contributed by atoms with Gasteiger partial charge in [-0.15, -0.1) is 0 Å². The van der Waals surface area contributed by atoms with Crippen molar-refractivity contribution in [2.45, 2.75) is 25.8 Å². The van der Waals surface area contributed by atoms with E-state index in [0.717, 1.165) is 0 Å². The molecule has 0 aliphatic carbocycles. The Labute approximate surface area is 115 Å². The number of carboxylic acid groups (broad SMARTS) is 1. The van der Waals surface area contributed by atoms with Gasteiger partial charge >= 0.3 is 12.0 Å². The van der Waals surface area contributed by atoms with Crippen LogP contribution in [0.15, 0.2) is 0 Å². The Morgan fingerprint density at radius 2 is 2.10 bits per heavy atom. The molecule has 8 heteroatoms. The summed E-state index contributed by atoms with van der Waals surface area (Å²) in [5.41, 5.74) is 0. The molecule has 110 valence electrons. The van der Waals surface area contributed by atoms with Gasteiger partial charge in [-0.1, -0.05) is 0 Å². The van der Waals surface area contributed by atoms with Crippen LogP contribution in [0.5, 0.6) is 0 Å². The largest absolute Gasteiger partial charge is 0.481 e. The van der Waals surface area contributed by atoms with E-state index in [0.29, 0.717) is 19.5 Å². The first kappa shape index (κ1) is 14.3. The topological polar surface area (TPSA) is 107 Å². The number of amides is 4. The van der Waals surface area contributed by atoms with E-state index in [2.05, 4.69) is 5.32 Å². The third-order valence-corrected chi connectivity index (χ3v) is 3.69. The van der Waals surface area contributed by atoms with Gasteiger partial charge in [0.2, 0.25) is 11.8 Å². The highest BCUT2D eigenvalue weighted by Gasteiger charge is 2.38. The quantitative estimate of drug-likeness (QED) is 0.648. The SMILES string of the molecule is CC1C(=O)NC(=O)CN1C(=O)N1CCC(CC(=O)O)C1. The van der Waals surface area contributed by atoms with Crippen LogP contribution in [0.1, 0.15) is 19.8 Å². The molecule has 8 nitrogen and oxygen atoms in total. The van der Waals surface area contributed by atoms with Crippen LogP contribution in [-0.4, -0.2) is 64.4 Å². The number of nitrogens with one attached hydrogen (secondary N) is 1. The Balaban J connectivity index is 1.99. The number of nitrogens with zero attached hydrogens (tertiary/aromatic N) is 2. The van der Waals surface area contributed by atoms with Gasteiger partial charge in [0.05, 0.1) is 0 Å².